The Balaban J connectivity index is 3.10. The van der Waals surface area contributed by atoms with Crippen LogP contribution in [-0.4, -0.2) is 4.98 Å². The van der Waals surface area contributed by atoms with Crippen LogP contribution >= 0.6 is 0 Å². The highest BCUT2D eigenvalue weighted by atomic mass is 19.1. The van der Waals surface area contributed by atoms with Gasteiger partial charge in [0.15, 0.2) is 0 Å². The van der Waals surface area contributed by atoms with Crippen molar-refractivity contribution in [1.29, 1.82) is 0 Å². The summed E-state index contributed by atoms with van der Waals surface area (Å²) in [4.78, 5) is 3.64. The molecule has 0 saturated heterocycles. The molecule has 1 rings (SSSR count). The molecule has 4 heteroatoms. The molecule has 0 saturated carbocycles. The van der Waals surface area contributed by atoms with Crippen molar-refractivity contribution in [2.24, 2.45) is 0 Å². The van der Waals surface area contributed by atoms with Gasteiger partial charge in [0.05, 0.1) is 11.4 Å². The zero-order valence-electron chi connectivity index (χ0n) is 5.85. The Bertz CT molecular complexity index is 228. The van der Waals surface area contributed by atoms with E-state index < -0.39 is 13.3 Å². The standard InChI is InChI=1S/C7H8F2N2/c8-3-5-1-2-11-6(4-9)7(5)10/h1-2H,3-4,10H2. The molecule has 1 heterocycles. The fraction of sp³-hybridized carbons (Fsp3) is 0.286. The third kappa shape index (κ3) is 1.45. The number of pyridine rings is 1. The molecule has 0 aliphatic carbocycles. The van der Waals surface area contributed by atoms with E-state index in [4.69, 9.17) is 5.73 Å². The lowest BCUT2D eigenvalue weighted by molar-refractivity contribution is 0.470. The number of nitrogens with two attached hydrogens (primary N) is 1. The first-order valence-electron chi connectivity index (χ1n) is 3.13. The fourth-order valence-electron chi connectivity index (χ4n) is 0.785. The van der Waals surface area contributed by atoms with Gasteiger partial charge in [-0.25, -0.2) is 8.78 Å². The van der Waals surface area contributed by atoms with E-state index in [-0.39, 0.29) is 11.4 Å². The molecule has 0 unspecified atom stereocenters. The fourth-order valence-corrected chi connectivity index (χ4v) is 0.785. The summed E-state index contributed by atoms with van der Waals surface area (Å²) in [5.74, 6) is 0. The summed E-state index contributed by atoms with van der Waals surface area (Å²) in [7, 11) is 0. The molecular formula is C7H8F2N2. The molecule has 1 aromatic rings. The highest BCUT2D eigenvalue weighted by Crippen LogP contribution is 2.16. The maximum Gasteiger partial charge on any atom is 0.134 e. The molecule has 60 valence electrons. The topological polar surface area (TPSA) is 38.9 Å². The molecule has 1 aromatic heterocycles. The molecule has 2 nitrogen and oxygen atoms in total. The number of hydrogen-bond donors (Lipinski definition) is 1. The number of nitrogen functional groups attached to an aromatic ring is 1. The lowest BCUT2D eigenvalue weighted by Gasteiger charge is -2.02. The van der Waals surface area contributed by atoms with Crippen LogP contribution in [0.5, 0.6) is 0 Å². The molecule has 0 bridgehead atoms. The van der Waals surface area contributed by atoms with E-state index in [0.717, 1.165) is 0 Å². The third-order valence-corrected chi connectivity index (χ3v) is 1.43. The minimum absolute atomic E-state index is 0.111. The summed E-state index contributed by atoms with van der Waals surface area (Å²) in [6.45, 7) is -1.43. The van der Waals surface area contributed by atoms with E-state index in [1.807, 2.05) is 0 Å². The Morgan fingerprint density at radius 3 is 2.64 bits per heavy atom. The van der Waals surface area contributed by atoms with Gasteiger partial charge in [-0.2, -0.15) is 0 Å². The second-order valence-corrected chi connectivity index (χ2v) is 2.10. The van der Waals surface area contributed by atoms with Gasteiger partial charge in [0.2, 0.25) is 0 Å². The van der Waals surface area contributed by atoms with Gasteiger partial charge in [0.25, 0.3) is 0 Å². The highest BCUT2D eigenvalue weighted by molar-refractivity contribution is 5.49. The average Bonchev–Trinajstić information content (AvgIpc) is 2.05. The Hall–Kier alpha value is -1.19. The number of nitrogens with zero attached hydrogens (tertiary/aromatic N) is 1. The van der Waals surface area contributed by atoms with Gasteiger partial charge in [0.1, 0.15) is 13.3 Å². The van der Waals surface area contributed by atoms with Gasteiger partial charge < -0.3 is 5.73 Å². The predicted molar refractivity (Wildman–Crippen MR) is 38.3 cm³/mol. The van der Waals surface area contributed by atoms with Crippen LogP contribution in [0.25, 0.3) is 0 Å². The molecule has 0 fully saturated rings. The van der Waals surface area contributed by atoms with Crippen LogP contribution in [0, 0.1) is 0 Å². The first-order chi connectivity index (χ1) is 5.29. The van der Waals surface area contributed by atoms with Crippen LogP contribution in [0.1, 0.15) is 11.3 Å². The minimum Gasteiger partial charge on any atom is -0.397 e. The molecule has 2 N–H and O–H groups in total. The van der Waals surface area contributed by atoms with Crippen LogP contribution in [-0.2, 0) is 13.3 Å². The first-order valence-corrected chi connectivity index (χ1v) is 3.13. The molecule has 0 aromatic carbocycles. The zero-order valence-corrected chi connectivity index (χ0v) is 5.85. The largest absolute Gasteiger partial charge is 0.397 e. The first kappa shape index (κ1) is 7.91. The molecule has 0 amide bonds. The summed E-state index contributed by atoms with van der Waals surface area (Å²) < 4.78 is 24.1. The monoisotopic (exact) mass is 158 g/mol. The summed E-state index contributed by atoms with van der Waals surface area (Å²) in [5, 5.41) is 0. The summed E-state index contributed by atoms with van der Waals surface area (Å²) in [6.07, 6.45) is 1.35. The zero-order chi connectivity index (χ0) is 8.27. The van der Waals surface area contributed by atoms with Gasteiger partial charge in [-0.15, -0.1) is 0 Å². The molecule has 0 spiro atoms. The Labute approximate surface area is 63.1 Å². The molecule has 11 heavy (non-hydrogen) atoms. The van der Waals surface area contributed by atoms with Crippen LogP contribution in [0.3, 0.4) is 0 Å². The van der Waals surface area contributed by atoms with E-state index in [0.29, 0.717) is 5.56 Å². The van der Waals surface area contributed by atoms with Crippen molar-refractivity contribution in [3.05, 3.63) is 23.5 Å². The van der Waals surface area contributed by atoms with Crippen molar-refractivity contribution in [3.8, 4) is 0 Å². The van der Waals surface area contributed by atoms with Gasteiger partial charge in [-0.1, -0.05) is 0 Å². The summed E-state index contributed by atoms with van der Waals surface area (Å²) >= 11 is 0. The quantitative estimate of drug-likeness (QED) is 0.710. The summed E-state index contributed by atoms with van der Waals surface area (Å²) in [6, 6.07) is 1.44. The smallest absolute Gasteiger partial charge is 0.134 e. The highest BCUT2D eigenvalue weighted by Gasteiger charge is 2.04. The van der Waals surface area contributed by atoms with E-state index >= 15 is 0 Å². The minimum atomic E-state index is -0.750. The second-order valence-electron chi connectivity index (χ2n) is 2.10. The van der Waals surface area contributed by atoms with Crippen LogP contribution in [0.4, 0.5) is 14.5 Å². The van der Waals surface area contributed by atoms with Crippen LogP contribution < -0.4 is 5.73 Å². The molecule has 0 aliphatic heterocycles. The molecule has 0 atom stereocenters. The number of aromatic nitrogens is 1. The van der Waals surface area contributed by atoms with E-state index in [1.54, 1.807) is 0 Å². The SMILES string of the molecule is Nc1c(CF)ccnc1CF. The van der Waals surface area contributed by atoms with Gasteiger partial charge in [0, 0.05) is 11.8 Å². The number of anilines is 1. The van der Waals surface area contributed by atoms with Crippen molar-refractivity contribution in [1.82, 2.24) is 4.98 Å². The second kappa shape index (κ2) is 3.27. The maximum absolute atomic E-state index is 12.1. The number of alkyl halides is 2. The third-order valence-electron chi connectivity index (χ3n) is 1.43. The lowest BCUT2D eigenvalue weighted by Crippen LogP contribution is -1.99. The van der Waals surface area contributed by atoms with Gasteiger partial charge >= 0.3 is 0 Å². The summed E-state index contributed by atoms with van der Waals surface area (Å²) in [5.41, 5.74) is 5.89. The molecular weight excluding hydrogens is 150 g/mol. The molecule has 0 aliphatic rings. The van der Waals surface area contributed by atoms with E-state index in [9.17, 15) is 8.78 Å². The van der Waals surface area contributed by atoms with Crippen molar-refractivity contribution in [2.45, 2.75) is 13.3 Å². The van der Waals surface area contributed by atoms with Crippen molar-refractivity contribution < 1.29 is 8.78 Å². The van der Waals surface area contributed by atoms with Gasteiger partial charge in [-0.3, -0.25) is 4.98 Å². The number of rotatable bonds is 2. The predicted octanol–water partition coefficient (Wildman–Crippen LogP) is 1.60. The van der Waals surface area contributed by atoms with E-state index in [2.05, 4.69) is 4.98 Å². The molecule has 0 radical (unpaired) electrons. The van der Waals surface area contributed by atoms with Crippen LogP contribution in [0.2, 0.25) is 0 Å². The van der Waals surface area contributed by atoms with Crippen molar-refractivity contribution in [3.63, 3.8) is 0 Å². The van der Waals surface area contributed by atoms with Crippen molar-refractivity contribution >= 4 is 5.69 Å². The Kier molecular flexibility index (Phi) is 2.36. The average molecular weight is 158 g/mol. The maximum atomic E-state index is 12.1. The normalized spacial score (nSPS) is 10.0. The van der Waals surface area contributed by atoms with Crippen LogP contribution in [0.15, 0.2) is 12.3 Å². The van der Waals surface area contributed by atoms with Gasteiger partial charge in [-0.05, 0) is 6.07 Å². The number of hydrogen-bond acceptors (Lipinski definition) is 2. The van der Waals surface area contributed by atoms with Crippen molar-refractivity contribution in [2.75, 3.05) is 5.73 Å². The Morgan fingerprint density at radius 2 is 2.09 bits per heavy atom. The lowest BCUT2D eigenvalue weighted by atomic mass is 10.2. The Morgan fingerprint density at radius 1 is 1.36 bits per heavy atom. The van der Waals surface area contributed by atoms with E-state index in [1.165, 1.54) is 12.3 Å². The number of halogens is 2.